The number of anilines is 1. The van der Waals surface area contributed by atoms with E-state index in [4.69, 9.17) is 0 Å². The Morgan fingerprint density at radius 3 is 2.67 bits per heavy atom. The number of piperazine rings is 1. The Kier molecular flexibility index (Phi) is 5.98. The van der Waals surface area contributed by atoms with Crippen LogP contribution in [0, 0.1) is 6.92 Å². The van der Waals surface area contributed by atoms with E-state index >= 15 is 0 Å². The number of carbonyl (C=O) groups is 1. The van der Waals surface area contributed by atoms with Crippen molar-refractivity contribution in [1.29, 1.82) is 0 Å². The summed E-state index contributed by atoms with van der Waals surface area (Å²) in [6.45, 7) is 3.65. The van der Waals surface area contributed by atoms with Crippen molar-refractivity contribution in [3.63, 3.8) is 0 Å². The number of amides is 1. The Hall–Kier alpha value is -4.46. The molecule has 1 N–H and O–H groups in total. The maximum Gasteiger partial charge on any atom is 0.416 e. The number of aromatic nitrogens is 6. The number of aromatic amines is 1. The third-order valence-corrected chi connectivity index (χ3v) is 7.55. The Bertz CT molecular complexity index is 1740. The summed E-state index contributed by atoms with van der Waals surface area (Å²) in [5, 5.41) is 11.1. The molecule has 39 heavy (non-hydrogen) atoms. The van der Waals surface area contributed by atoms with Crippen LogP contribution in [0.25, 0.3) is 22.7 Å². The van der Waals surface area contributed by atoms with Crippen LogP contribution in [0.1, 0.15) is 21.6 Å². The molecule has 1 amide bonds. The second-order valence-electron chi connectivity index (χ2n) is 9.04. The molecule has 0 atom stereocenters. The van der Waals surface area contributed by atoms with E-state index in [0.29, 0.717) is 59.3 Å². The lowest BCUT2D eigenvalue weighted by molar-refractivity contribution is -0.137. The summed E-state index contributed by atoms with van der Waals surface area (Å²) in [5.74, 6) is 0.0111. The lowest BCUT2D eigenvalue weighted by Crippen LogP contribution is -2.48. The summed E-state index contributed by atoms with van der Waals surface area (Å²) >= 11 is 1.36. The SMILES string of the molecule is Cc1c(C(=O)N2CCN(c3nc(-c4cccc(C(F)(F)F)c4)cs3)CC2)cnn1-c1nn2cccc2c(=O)[nH]1. The summed E-state index contributed by atoms with van der Waals surface area (Å²) in [6.07, 6.45) is -1.30. The van der Waals surface area contributed by atoms with Crippen LogP contribution < -0.4 is 10.5 Å². The molecule has 14 heteroatoms. The first-order chi connectivity index (χ1) is 18.7. The smallest absolute Gasteiger partial charge is 0.345 e. The third kappa shape index (κ3) is 4.56. The number of rotatable bonds is 4. The van der Waals surface area contributed by atoms with Gasteiger partial charge in [0.05, 0.1) is 28.7 Å². The fourth-order valence-electron chi connectivity index (χ4n) is 4.53. The number of nitrogens with one attached hydrogen (secondary N) is 1. The molecule has 0 spiro atoms. The predicted octanol–water partition coefficient (Wildman–Crippen LogP) is 3.62. The minimum atomic E-state index is -4.42. The number of halogens is 3. The van der Waals surface area contributed by atoms with Gasteiger partial charge in [0.1, 0.15) is 5.52 Å². The molecule has 1 aliphatic rings. The van der Waals surface area contributed by atoms with E-state index < -0.39 is 11.7 Å². The second-order valence-corrected chi connectivity index (χ2v) is 9.88. The lowest BCUT2D eigenvalue weighted by atomic mass is 10.1. The molecule has 200 valence electrons. The highest BCUT2D eigenvalue weighted by Gasteiger charge is 2.31. The maximum absolute atomic E-state index is 13.3. The number of fused-ring (bicyclic) bond motifs is 1. The number of carbonyl (C=O) groups excluding carboxylic acids is 1. The van der Waals surface area contributed by atoms with Gasteiger partial charge in [0.2, 0.25) is 5.95 Å². The van der Waals surface area contributed by atoms with E-state index in [2.05, 4.69) is 20.2 Å². The molecular formula is C25H21F3N8O2S. The largest absolute Gasteiger partial charge is 0.416 e. The van der Waals surface area contributed by atoms with Gasteiger partial charge >= 0.3 is 6.18 Å². The van der Waals surface area contributed by atoms with Gasteiger partial charge in [-0.25, -0.2) is 14.2 Å². The van der Waals surface area contributed by atoms with E-state index in [-0.39, 0.29) is 17.4 Å². The zero-order chi connectivity index (χ0) is 27.3. The van der Waals surface area contributed by atoms with Gasteiger partial charge in [-0.2, -0.15) is 18.3 Å². The van der Waals surface area contributed by atoms with E-state index in [1.54, 1.807) is 41.6 Å². The third-order valence-electron chi connectivity index (χ3n) is 6.64. The molecule has 6 rings (SSSR count). The molecule has 0 bridgehead atoms. The second kappa shape index (κ2) is 9.38. The molecule has 5 aromatic rings. The van der Waals surface area contributed by atoms with Crippen molar-refractivity contribution < 1.29 is 18.0 Å². The molecule has 1 saturated heterocycles. The van der Waals surface area contributed by atoms with Crippen LogP contribution in [0.5, 0.6) is 0 Å². The average Bonchev–Trinajstić information content (AvgIpc) is 3.68. The van der Waals surface area contributed by atoms with Crippen molar-refractivity contribution in [2.45, 2.75) is 13.1 Å². The number of hydrogen-bond donors (Lipinski definition) is 1. The molecule has 1 fully saturated rings. The Morgan fingerprint density at radius 2 is 1.90 bits per heavy atom. The summed E-state index contributed by atoms with van der Waals surface area (Å²) in [5.41, 5.74) is 1.20. The first-order valence-corrected chi connectivity index (χ1v) is 12.9. The van der Waals surface area contributed by atoms with Crippen LogP contribution in [-0.4, -0.2) is 66.3 Å². The summed E-state index contributed by atoms with van der Waals surface area (Å²) in [6, 6.07) is 8.48. The lowest BCUT2D eigenvalue weighted by Gasteiger charge is -2.34. The van der Waals surface area contributed by atoms with E-state index in [0.717, 1.165) is 12.1 Å². The Morgan fingerprint density at radius 1 is 1.10 bits per heavy atom. The number of hydrogen-bond acceptors (Lipinski definition) is 7. The highest BCUT2D eigenvalue weighted by atomic mass is 32.1. The first kappa shape index (κ1) is 24.9. The molecule has 0 aliphatic carbocycles. The van der Waals surface area contributed by atoms with E-state index in [1.165, 1.54) is 32.8 Å². The summed E-state index contributed by atoms with van der Waals surface area (Å²) in [7, 11) is 0. The molecular weight excluding hydrogens is 533 g/mol. The zero-order valence-electron chi connectivity index (χ0n) is 20.5. The number of thiazole rings is 1. The highest BCUT2D eigenvalue weighted by Crippen LogP contribution is 2.34. The van der Waals surface area contributed by atoms with Gasteiger partial charge in [0.25, 0.3) is 11.5 Å². The number of nitrogens with zero attached hydrogens (tertiary/aromatic N) is 7. The van der Waals surface area contributed by atoms with E-state index in [9.17, 15) is 22.8 Å². The Labute approximate surface area is 222 Å². The number of benzene rings is 1. The van der Waals surface area contributed by atoms with Crippen LogP contribution >= 0.6 is 11.3 Å². The minimum absolute atomic E-state index is 0.188. The van der Waals surface area contributed by atoms with Crippen LogP contribution in [0.15, 0.2) is 59.0 Å². The molecule has 1 aliphatic heterocycles. The normalized spacial score (nSPS) is 14.4. The predicted molar refractivity (Wildman–Crippen MR) is 138 cm³/mol. The van der Waals surface area contributed by atoms with Crippen molar-refractivity contribution >= 4 is 27.9 Å². The number of H-pyrrole nitrogens is 1. The summed E-state index contributed by atoms with van der Waals surface area (Å²) < 4.78 is 42.2. The number of alkyl halides is 3. The zero-order valence-corrected chi connectivity index (χ0v) is 21.3. The van der Waals surface area contributed by atoms with Gasteiger partial charge in [-0.3, -0.25) is 14.6 Å². The van der Waals surface area contributed by atoms with Crippen LogP contribution in [-0.2, 0) is 6.18 Å². The Balaban J connectivity index is 1.14. The van der Waals surface area contributed by atoms with Crippen molar-refractivity contribution in [2.24, 2.45) is 0 Å². The van der Waals surface area contributed by atoms with Gasteiger partial charge in [-0.1, -0.05) is 12.1 Å². The standard InChI is InChI=1S/C25H21F3N8O2S/c1-15-18(13-29-36(15)23-31-21(37)20-6-3-7-35(20)32-23)22(38)33-8-10-34(11-9-33)24-30-19(14-39-24)16-4-2-5-17(12-16)25(26,27)28/h2-7,12-14H,8-11H2,1H3,(H,31,32,37). The molecule has 0 unspecified atom stereocenters. The van der Waals surface area contributed by atoms with Crippen molar-refractivity contribution in [2.75, 3.05) is 31.1 Å². The van der Waals surface area contributed by atoms with Crippen molar-refractivity contribution in [3.05, 3.63) is 81.3 Å². The topological polar surface area (TPSA) is 104 Å². The minimum Gasteiger partial charge on any atom is -0.345 e. The quantitative estimate of drug-likeness (QED) is 0.364. The monoisotopic (exact) mass is 554 g/mol. The van der Waals surface area contributed by atoms with Crippen molar-refractivity contribution in [3.8, 4) is 17.2 Å². The maximum atomic E-state index is 13.3. The first-order valence-electron chi connectivity index (χ1n) is 12.0. The molecule has 10 nitrogen and oxygen atoms in total. The highest BCUT2D eigenvalue weighted by molar-refractivity contribution is 7.14. The molecule has 0 saturated carbocycles. The molecule has 5 heterocycles. The van der Waals surface area contributed by atoms with Gasteiger partial charge in [0.15, 0.2) is 5.13 Å². The van der Waals surface area contributed by atoms with Crippen molar-refractivity contribution in [1.82, 2.24) is 34.3 Å². The fraction of sp³-hybridized carbons (Fsp3) is 0.240. The van der Waals surface area contributed by atoms with Gasteiger partial charge < -0.3 is 9.80 Å². The summed E-state index contributed by atoms with van der Waals surface area (Å²) in [4.78, 5) is 36.6. The van der Waals surface area contributed by atoms with Crippen LogP contribution in [0.4, 0.5) is 18.3 Å². The molecule has 0 radical (unpaired) electrons. The molecule has 4 aromatic heterocycles. The fourth-order valence-corrected chi connectivity index (χ4v) is 5.42. The van der Waals surface area contributed by atoms with Gasteiger partial charge in [-0.05, 0) is 31.2 Å². The molecule has 1 aromatic carbocycles. The van der Waals surface area contributed by atoms with Crippen LogP contribution in [0.2, 0.25) is 0 Å². The van der Waals surface area contributed by atoms with E-state index in [1.807, 2.05) is 4.90 Å². The average molecular weight is 555 g/mol. The van der Waals surface area contributed by atoms with Gasteiger partial charge in [0, 0.05) is 43.3 Å². The van der Waals surface area contributed by atoms with Gasteiger partial charge in [-0.15, -0.1) is 16.4 Å². The van der Waals surface area contributed by atoms with Crippen LogP contribution in [0.3, 0.4) is 0 Å².